The molecule has 0 spiro atoms. The maximum absolute atomic E-state index is 6.16. The minimum atomic E-state index is 0.567. The van der Waals surface area contributed by atoms with E-state index in [1.165, 1.54) is 0 Å². The van der Waals surface area contributed by atoms with Crippen LogP contribution >= 0.6 is 11.6 Å². The van der Waals surface area contributed by atoms with Crippen molar-refractivity contribution < 1.29 is 14.2 Å². The second-order valence-electron chi connectivity index (χ2n) is 4.35. The monoisotopic (exact) mass is 291 g/mol. The fraction of sp³-hybridized carbons (Fsp3) is 0.200. The molecule has 104 valence electrons. The van der Waals surface area contributed by atoms with E-state index in [0.717, 1.165) is 21.8 Å². The average molecular weight is 292 g/mol. The maximum atomic E-state index is 6.16. The summed E-state index contributed by atoms with van der Waals surface area (Å²) in [7, 11) is 4.83. The summed E-state index contributed by atoms with van der Waals surface area (Å²) in [5.74, 6) is 1.97. The molecule has 1 heterocycles. The van der Waals surface area contributed by atoms with Gasteiger partial charge in [-0.2, -0.15) is 0 Å². The van der Waals surface area contributed by atoms with Crippen molar-refractivity contribution in [3.63, 3.8) is 0 Å². The molecule has 0 saturated heterocycles. The molecule has 20 heavy (non-hydrogen) atoms. The molecule has 0 aliphatic rings. The fourth-order valence-corrected chi connectivity index (χ4v) is 2.74. The maximum Gasteiger partial charge on any atom is 0.184 e. The van der Waals surface area contributed by atoms with E-state index < -0.39 is 0 Å². The van der Waals surface area contributed by atoms with Crippen molar-refractivity contribution in [2.24, 2.45) is 0 Å². The molecule has 0 fully saturated rings. The molecule has 5 heteroatoms. The van der Waals surface area contributed by atoms with Crippen LogP contribution in [0, 0.1) is 0 Å². The van der Waals surface area contributed by atoms with Crippen molar-refractivity contribution in [2.75, 3.05) is 21.3 Å². The van der Waals surface area contributed by atoms with E-state index in [0.29, 0.717) is 22.3 Å². The number of methoxy groups -OCH3 is 3. The molecule has 0 amide bonds. The van der Waals surface area contributed by atoms with Crippen LogP contribution in [0.15, 0.2) is 24.3 Å². The number of hydrogen-bond acceptors (Lipinski definition) is 3. The van der Waals surface area contributed by atoms with Gasteiger partial charge >= 0.3 is 0 Å². The molecule has 0 saturated carbocycles. The average Bonchev–Trinajstić information content (AvgIpc) is 2.84. The Kier molecular flexibility index (Phi) is 3.10. The van der Waals surface area contributed by atoms with Gasteiger partial charge in [0.25, 0.3) is 0 Å². The molecule has 1 N–H and O–H groups in total. The summed E-state index contributed by atoms with van der Waals surface area (Å²) in [5.41, 5.74) is 1.71. The van der Waals surface area contributed by atoms with Gasteiger partial charge in [-0.1, -0.05) is 17.7 Å². The van der Waals surface area contributed by atoms with Crippen molar-refractivity contribution in [1.29, 1.82) is 0 Å². The van der Waals surface area contributed by atoms with Crippen LogP contribution < -0.4 is 14.2 Å². The van der Waals surface area contributed by atoms with Crippen molar-refractivity contribution in [2.45, 2.75) is 0 Å². The zero-order chi connectivity index (χ0) is 14.3. The van der Waals surface area contributed by atoms with Gasteiger partial charge in [-0.15, -0.1) is 0 Å². The highest BCUT2D eigenvalue weighted by Crippen LogP contribution is 2.42. The summed E-state index contributed by atoms with van der Waals surface area (Å²) in [6.07, 6.45) is 0. The van der Waals surface area contributed by atoms with Gasteiger partial charge in [0.15, 0.2) is 17.2 Å². The first-order valence-electron chi connectivity index (χ1n) is 6.10. The van der Waals surface area contributed by atoms with Crippen LogP contribution in [0.1, 0.15) is 0 Å². The topological polar surface area (TPSA) is 43.5 Å². The van der Waals surface area contributed by atoms with Gasteiger partial charge in [-0.3, -0.25) is 0 Å². The summed E-state index contributed by atoms with van der Waals surface area (Å²) < 4.78 is 16.2. The molecular formula is C15H14ClNO3. The number of fused-ring (bicyclic) bond motifs is 3. The lowest BCUT2D eigenvalue weighted by Crippen LogP contribution is -1.90. The van der Waals surface area contributed by atoms with Crippen molar-refractivity contribution >= 4 is 33.4 Å². The third-order valence-electron chi connectivity index (χ3n) is 3.40. The van der Waals surface area contributed by atoms with Crippen LogP contribution in [0.5, 0.6) is 17.2 Å². The smallest absolute Gasteiger partial charge is 0.184 e. The minimum Gasteiger partial charge on any atom is -0.493 e. The fourth-order valence-electron chi connectivity index (χ4n) is 2.51. The zero-order valence-electron chi connectivity index (χ0n) is 11.4. The molecule has 0 atom stereocenters. The van der Waals surface area contributed by atoms with Crippen LogP contribution in [-0.2, 0) is 0 Å². The number of aromatic amines is 1. The van der Waals surface area contributed by atoms with Gasteiger partial charge in [0.2, 0.25) is 0 Å². The largest absolute Gasteiger partial charge is 0.493 e. The molecule has 3 aromatic rings. The van der Waals surface area contributed by atoms with Crippen LogP contribution in [0.25, 0.3) is 21.8 Å². The number of aromatic nitrogens is 1. The van der Waals surface area contributed by atoms with Gasteiger partial charge < -0.3 is 19.2 Å². The Morgan fingerprint density at radius 1 is 0.800 bits per heavy atom. The first kappa shape index (κ1) is 12.9. The molecule has 1 aromatic heterocycles. The lowest BCUT2D eigenvalue weighted by atomic mass is 10.1. The van der Waals surface area contributed by atoms with E-state index >= 15 is 0 Å². The Labute approximate surface area is 121 Å². The molecule has 0 radical (unpaired) electrons. The highest BCUT2D eigenvalue weighted by atomic mass is 35.5. The molecule has 0 aliphatic heterocycles. The summed E-state index contributed by atoms with van der Waals surface area (Å²) in [6, 6.07) is 7.66. The van der Waals surface area contributed by atoms with E-state index in [2.05, 4.69) is 4.98 Å². The van der Waals surface area contributed by atoms with Crippen LogP contribution in [0.4, 0.5) is 0 Å². The first-order chi connectivity index (χ1) is 9.71. The first-order valence-corrected chi connectivity index (χ1v) is 6.48. The van der Waals surface area contributed by atoms with Gasteiger partial charge in [0.05, 0.1) is 37.4 Å². The summed E-state index contributed by atoms with van der Waals surface area (Å²) in [4.78, 5) is 3.32. The second-order valence-corrected chi connectivity index (χ2v) is 4.76. The SMILES string of the molecule is COc1ccc2c([nH]c3c(OC)c(Cl)ccc32)c1OC. The van der Waals surface area contributed by atoms with Crippen molar-refractivity contribution in [3.8, 4) is 17.2 Å². The highest BCUT2D eigenvalue weighted by Gasteiger charge is 2.16. The zero-order valence-corrected chi connectivity index (χ0v) is 12.2. The Bertz CT molecular complexity index is 795. The van der Waals surface area contributed by atoms with E-state index in [4.69, 9.17) is 25.8 Å². The third kappa shape index (κ3) is 1.68. The predicted octanol–water partition coefficient (Wildman–Crippen LogP) is 4.00. The second kappa shape index (κ2) is 4.80. The Morgan fingerprint density at radius 2 is 1.40 bits per heavy atom. The van der Waals surface area contributed by atoms with Crippen LogP contribution in [0.2, 0.25) is 5.02 Å². The lowest BCUT2D eigenvalue weighted by molar-refractivity contribution is 0.358. The summed E-state index contributed by atoms with van der Waals surface area (Å²) in [6.45, 7) is 0. The van der Waals surface area contributed by atoms with E-state index in [1.54, 1.807) is 21.3 Å². The molecule has 3 rings (SSSR count). The minimum absolute atomic E-state index is 0.567. The number of rotatable bonds is 3. The van der Waals surface area contributed by atoms with E-state index in [9.17, 15) is 0 Å². The van der Waals surface area contributed by atoms with Gasteiger partial charge in [-0.05, 0) is 18.2 Å². The molecule has 0 bridgehead atoms. The molecule has 4 nitrogen and oxygen atoms in total. The van der Waals surface area contributed by atoms with Gasteiger partial charge in [-0.25, -0.2) is 0 Å². The molecular weight excluding hydrogens is 278 g/mol. The Hall–Kier alpha value is -2.07. The van der Waals surface area contributed by atoms with E-state index in [-0.39, 0.29) is 0 Å². The number of halogens is 1. The number of nitrogens with one attached hydrogen (secondary N) is 1. The number of ether oxygens (including phenoxy) is 3. The summed E-state index contributed by atoms with van der Waals surface area (Å²) in [5, 5.41) is 2.63. The number of H-pyrrole nitrogens is 1. The third-order valence-corrected chi connectivity index (χ3v) is 3.70. The van der Waals surface area contributed by atoms with Gasteiger partial charge in [0, 0.05) is 10.8 Å². The Balaban J connectivity index is 2.47. The van der Waals surface area contributed by atoms with Crippen LogP contribution in [0.3, 0.4) is 0 Å². The molecule has 0 aliphatic carbocycles. The van der Waals surface area contributed by atoms with Crippen molar-refractivity contribution in [1.82, 2.24) is 4.98 Å². The normalized spacial score (nSPS) is 11.0. The van der Waals surface area contributed by atoms with E-state index in [1.807, 2.05) is 24.3 Å². The van der Waals surface area contributed by atoms with Gasteiger partial charge in [0.1, 0.15) is 0 Å². The highest BCUT2D eigenvalue weighted by molar-refractivity contribution is 6.33. The standard InChI is InChI=1S/C15H14ClNO3/c1-18-11-7-5-9-8-4-6-10(16)14(19-2)12(8)17-13(9)15(11)20-3/h4-7,17H,1-3H3. The molecule has 0 unspecified atom stereocenters. The lowest BCUT2D eigenvalue weighted by Gasteiger charge is -2.07. The quantitative estimate of drug-likeness (QED) is 0.793. The molecule has 2 aromatic carbocycles. The van der Waals surface area contributed by atoms with Crippen LogP contribution in [-0.4, -0.2) is 26.3 Å². The number of benzene rings is 2. The Morgan fingerprint density at radius 3 is 2.00 bits per heavy atom. The summed E-state index contributed by atoms with van der Waals surface area (Å²) >= 11 is 6.16. The van der Waals surface area contributed by atoms with Crippen molar-refractivity contribution in [3.05, 3.63) is 29.3 Å². The predicted molar refractivity (Wildman–Crippen MR) is 80.5 cm³/mol. The number of hydrogen-bond donors (Lipinski definition) is 1.